The van der Waals surface area contributed by atoms with E-state index in [1.807, 2.05) is 12.1 Å². The van der Waals surface area contributed by atoms with Crippen molar-refractivity contribution in [2.75, 3.05) is 13.2 Å². The summed E-state index contributed by atoms with van der Waals surface area (Å²) in [5.74, 6) is -0.506. The molecule has 0 bridgehead atoms. The van der Waals surface area contributed by atoms with Gasteiger partial charge in [-0.2, -0.15) is 0 Å². The van der Waals surface area contributed by atoms with Crippen LogP contribution in [-0.2, 0) is 9.59 Å². The van der Waals surface area contributed by atoms with E-state index in [9.17, 15) is 9.59 Å². The molecule has 22 heavy (non-hydrogen) atoms. The van der Waals surface area contributed by atoms with Crippen LogP contribution in [0.5, 0.6) is 11.5 Å². The van der Waals surface area contributed by atoms with Crippen LogP contribution in [0.2, 0.25) is 0 Å². The van der Waals surface area contributed by atoms with Gasteiger partial charge in [0.1, 0.15) is 6.61 Å². The number of carbonyl (C=O) groups is 2. The number of nitrogens with zero attached hydrogens (tertiary/aromatic N) is 1. The maximum atomic E-state index is 12.7. The molecule has 1 aromatic carbocycles. The lowest BCUT2D eigenvalue weighted by Gasteiger charge is -2.31. The van der Waals surface area contributed by atoms with Gasteiger partial charge in [-0.05, 0) is 25.0 Å². The van der Waals surface area contributed by atoms with Crippen LogP contribution in [0.4, 0.5) is 0 Å². The van der Waals surface area contributed by atoms with Crippen LogP contribution < -0.4 is 9.47 Å². The van der Waals surface area contributed by atoms with E-state index >= 15 is 0 Å². The zero-order valence-corrected chi connectivity index (χ0v) is 12.4. The predicted octanol–water partition coefficient (Wildman–Crippen LogP) is 1.54. The minimum Gasteiger partial charge on any atom is -0.485 e. The summed E-state index contributed by atoms with van der Waals surface area (Å²) in [4.78, 5) is 25.4. The summed E-state index contributed by atoms with van der Waals surface area (Å²) in [7, 11) is 0. The summed E-state index contributed by atoms with van der Waals surface area (Å²) < 4.78 is 11.3. The molecule has 3 rings (SSSR count). The Kier molecular flexibility index (Phi) is 3.92. The van der Waals surface area contributed by atoms with E-state index in [2.05, 4.69) is 0 Å². The maximum absolute atomic E-state index is 12.7. The monoisotopic (exact) mass is 305 g/mol. The molecule has 1 saturated carbocycles. The van der Waals surface area contributed by atoms with Crippen molar-refractivity contribution in [3.63, 3.8) is 0 Å². The molecule has 1 aliphatic heterocycles. The fraction of sp³-hybridized carbons (Fsp3) is 0.500. The van der Waals surface area contributed by atoms with E-state index in [4.69, 9.17) is 14.6 Å². The van der Waals surface area contributed by atoms with Gasteiger partial charge >= 0.3 is 5.97 Å². The number of carboxylic acid groups (broad SMARTS) is 1. The Morgan fingerprint density at radius 1 is 1.32 bits per heavy atom. The normalized spacial score (nSPS) is 21.0. The van der Waals surface area contributed by atoms with Crippen LogP contribution >= 0.6 is 0 Å². The Balaban J connectivity index is 1.70. The Labute approximate surface area is 128 Å². The summed E-state index contributed by atoms with van der Waals surface area (Å²) in [6.07, 6.45) is 1.13. The largest absolute Gasteiger partial charge is 0.485 e. The van der Waals surface area contributed by atoms with Crippen LogP contribution in [-0.4, -0.2) is 47.2 Å². The van der Waals surface area contributed by atoms with Gasteiger partial charge in [0.05, 0.1) is 5.92 Å². The lowest BCUT2D eigenvalue weighted by molar-refractivity contribution is -0.146. The fourth-order valence-electron chi connectivity index (χ4n) is 2.50. The summed E-state index contributed by atoms with van der Waals surface area (Å²) in [5, 5.41) is 9.06. The molecule has 1 fully saturated rings. The Morgan fingerprint density at radius 3 is 2.64 bits per heavy atom. The number of para-hydroxylation sites is 2. The molecule has 1 N–H and O–H groups in total. The number of amides is 1. The first kappa shape index (κ1) is 14.7. The van der Waals surface area contributed by atoms with E-state index in [0.29, 0.717) is 11.5 Å². The van der Waals surface area contributed by atoms with Gasteiger partial charge < -0.3 is 19.5 Å². The molecule has 118 valence electrons. The lowest BCUT2D eigenvalue weighted by Crippen LogP contribution is -2.49. The number of carbonyl (C=O) groups excluding carboxylic acids is 1. The van der Waals surface area contributed by atoms with E-state index < -0.39 is 18.0 Å². The molecule has 0 aromatic heterocycles. The van der Waals surface area contributed by atoms with Crippen molar-refractivity contribution in [1.29, 1.82) is 0 Å². The smallest absolute Gasteiger partial charge is 0.308 e. The zero-order valence-electron chi connectivity index (χ0n) is 12.4. The van der Waals surface area contributed by atoms with Gasteiger partial charge in [0, 0.05) is 12.6 Å². The number of carboxylic acids is 1. The number of ether oxygens (including phenoxy) is 2. The summed E-state index contributed by atoms with van der Waals surface area (Å²) in [6, 6.07) is 7.35. The van der Waals surface area contributed by atoms with Crippen LogP contribution in [0.1, 0.15) is 19.8 Å². The Hall–Kier alpha value is -2.24. The first-order valence-corrected chi connectivity index (χ1v) is 7.48. The van der Waals surface area contributed by atoms with Crippen molar-refractivity contribution in [3.05, 3.63) is 24.3 Å². The third-order valence-corrected chi connectivity index (χ3v) is 3.95. The highest BCUT2D eigenvalue weighted by molar-refractivity contribution is 5.83. The quantitative estimate of drug-likeness (QED) is 0.893. The van der Waals surface area contributed by atoms with Crippen molar-refractivity contribution in [3.8, 4) is 11.5 Å². The topological polar surface area (TPSA) is 76.1 Å². The number of fused-ring (bicyclic) bond motifs is 1. The number of hydrogen-bond acceptors (Lipinski definition) is 4. The minimum absolute atomic E-state index is 0.134. The third kappa shape index (κ3) is 3.00. The number of rotatable bonds is 5. The highest BCUT2D eigenvalue weighted by Crippen LogP contribution is 2.33. The average molecular weight is 305 g/mol. The van der Waals surface area contributed by atoms with Gasteiger partial charge in [0.15, 0.2) is 11.5 Å². The number of hydrogen-bond donors (Lipinski definition) is 1. The molecule has 0 spiro atoms. The van der Waals surface area contributed by atoms with Crippen molar-refractivity contribution in [2.45, 2.75) is 31.9 Å². The molecule has 1 amide bonds. The van der Waals surface area contributed by atoms with Crippen LogP contribution in [0, 0.1) is 5.92 Å². The Bertz CT molecular complexity index is 584. The van der Waals surface area contributed by atoms with E-state index in [1.54, 1.807) is 24.0 Å². The van der Waals surface area contributed by atoms with Gasteiger partial charge in [-0.15, -0.1) is 0 Å². The van der Waals surface area contributed by atoms with Crippen LogP contribution in [0.15, 0.2) is 24.3 Å². The van der Waals surface area contributed by atoms with Crippen molar-refractivity contribution < 1.29 is 24.2 Å². The molecule has 6 nitrogen and oxygen atoms in total. The molecule has 2 atom stereocenters. The number of aliphatic carboxylic acids is 1. The first-order chi connectivity index (χ1) is 10.6. The third-order valence-electron chi connectivity index (χ3n) is 3.95. The van der Waals surface area contributed by atoms with Crippen molar-refractivity contribution in [1.82, 2.24) is 4.90 Å². The molecular weight excluding hydrogens is 286 g/mol. The molecule has 6 heteroatoms. The standard InChI is InChI=1S/C16H19NO5/c1-10(16(19)20)8-17(11-6-7-11)15(18)14-9-21-12-4-2-3-5-13(12)22-14/h2-5,10-11,14H,6-9H2,1H3,(H,19,20). The first-order valence-electron chi connectivity index (χ1n) is 7.48. The summed E-state index contributed by atoms with van der Waals surface area (Å²) in [5.41, 5.74) is 0. The van der Waals surface area contributed by atoms with E-state index in [0.717, 1.165) is 12.8 Å². The molecular formula is C16H19NO5. The van der Waals surface area contributed by atoms with Gasteiger partial charge in [-0.25, -0.2) is 0 Å². The number of benzene rings is 1. The fourth-order valence-corrected chi connectivity index (χ4v) is 2.50. The molecule has 0 radical (unpaired) electrons. The summed E-state index contributed by atoms with van der Waals surface area (Å²) in [6.45, 7) is 1.97. The second kappa shape index (κ2) is 5.87. The van der Waals surface area contributed by atoms with E-state index in [1.165, 1.54) is 0 Å². The average Bonchev–Trinajstić information content (AvgIpc) is 3.35. The maximum Gasteiger partial charge on any atom is 0.308 e. The molecule has 2 unspecified atom stereocenters. The lowest BCUT2D eigenvalue weighted by atomic mass is 10.1. The highest BCUT2D eigenvalue weighted by Gasteiger charge is 2.39. The highest BCUT2D eigenvalue weighted by atomic mass is 16.6. The van der Waals surface area contributed by atoms with Crippen LogP contribution in [0.3, 0.4) is 0 Å². The second-order valence-corrected chi connectivity index (χ2v) is 5.83. The second-order valence-electron chi connectivity index (χ2n) is 5.83. The van der Waals surface area contributed by atoms with Crippen LogP contribution in [0.25, 0.3) is 0 Å². The zero-order chi connectivity index (χ0) is 15.7. The van der Waals surface area contributed by atoms with Gasteiger partial charge in [-0.3, -0.25) is 9.59 Å². The van der Waals surface area contributed by atoms with Crippen molar-refractivity contribution >= 4 is 11.9 Å². The molecule has 2 aliphatic rings. The molecule has 0 saturated heterocycles. The molecule has 1 aromatic rings. The minimum atomic E-state index is -0.899. The van der Waals surface area contributed by atoms with Gasteiger partial charge in [0.25, 0.3) is 5.91 Å². The van der Waals surface area contributed by atoms with Gasteiger partial charge in [0.2, 0.25) is 6.10 Å². The van der Waals surface area contributed by atoms with Gasteiger partial charge in [-0.1, -0.05) is 19.1 Å². The molecule has 1 aliphatic carbocycles. The summed E-state index contributed by atoms with van der Waals surface area (Å²) >= 11 is 0. The SMILES string of the molecule is CC(CN(C(=O)C1COc2ccccc2O1)C1CC1)C(=O)O. The Morgan fingerprint density at radius 2 is 2.00 bits per heavy atom. The van der Waals surface area contributed by atoms with Crippen molar-refractivity contribution in [2.24, 2.45) is 5.92 Å². The molecule has 1 heterocycles. The van der Waals surface area contributed by atoms with E-state index in [-0.39, 0.29) is 25.1 Å². The predicted molar refractivity (Wildman–Crippen MR) is 77.9 cm³/mol.